The fourth-order valence-electron chi connectivity index (χ4n) is 10.3. The second-order valence-electron chi connectivity index (χ2n) is 15.4. The van der Waals surface area contributed by atoms with Crippen molar-refractivity contribution in [1.29, 1.82) is 0 Å². The van der Waals surface area contributed by atoms with E-state index in [0.717, 1.165) is 60.6 Å². The highest BCUT2D eigenvalue weighted by Gasteiger charge is 2.69. The van der Waals surface area contributed by atoms with Crippen LogP contribution in [0.4, 0.5) is 0 Å². The Hall–Kier alpha value is -3.02. The van der Waals surface area contributed by atoms with Crippen LogP contribution in [-0.2, 0) is 24.7 Å². The molecule has 1 saturated heterocycles. The Morgan fingerprint density at radius 3 is 2.46 bits per heavy atom. The van der Waals surface area contributed by atoms with Gasteiger partial charge in [0.2, 0.25) is 0 Å². The Bertz CT molecular complexity index is 1510. The standard InChI is InChI=1S/C41H52N2O3/c1-45-37-26-36(44)33-25-35-34-17-10-18-38-41(34,39(33)40(37)46-38)23-24-43(35,28-32-21-22-32)42-27-31(20-19-30-13-6-3-7-14-30)16-9-8-15-29-11-4-2-5-12-29/h2-7,11-14,26,31-32,34-35,38,42H,8-10,15-25,27-28H2,1H3/p+1/t31?,34-,35+,38-,41+,43?/m0/s1. The molecule has 2 heterocycles. The number of nitrogens with zero attached hydrogens (tertiary/aromatic N) is 1. The summed E-state index contributed by atoms with van der Waals surface area (Å²) in [6.45, 7) is 3.48. The molecule has 3 fully saturated rings. The lowest BCUT2D eigenvalue weighted by Crippen LogP contribution is -2.76. The summed E-state index contributed by atoms with van der Waals surface area (Å²) in [7, 11) is 1.71. The van der Waals surface area contributed by atoms with Crippen molar-refractivity contribution in [3.63, 3.8) is 0 Å². The van der Waals surface area contributed by atoms with E-state index in [9.17, 15) is 5.11 Å². The third-order valence-corrected chi connectivity index (χ3v) is 12.8. The molecule has 0 aromatic heterocycles. The number of quaternary nitrogens is 1. The average Bonchev–Trinajstić information content (AvgIpc) is 3.84. The first-order valence-corrected chi connectivity index (χ1v) is 18.4. The maximum atomic E-state index is 11.5. The van der Waals surface area contributed by atoms with Crippen molar-refractivity contribution in [2.24, 2.45) is 17.8 Å². The van der Waals surface area contributed by atoms with Crippen molar-refractivity contribution in [3.05, 3.63) is 89.0 Å². The molecule has 5 heteroatoms. The molecule has 46 heavy (non-hydrogen) atoms. The molecule has 1 spiro atoms. The van der Waals surface area contributed by atoms with Crippen LogP contribution in [0.25, 0.3) is 0 Å². The zero-order valence-electron chi connectivity index (χ0n) is 27.8. The minimum atomic E-state index is 0.0228. The third kappa shape index (κ3) is 5.42. The van der Waals surface area contributed by atoms with E-state index in [-0.39, 0.29) is 11.5 Å². The normalized spacial score (nSPS) is 29.5. The van der Waals surface area contributed by atoms with Crippen molar-refractivity contribution in [2.75, 3.05) is 26.7 Å². The van der Waals surface area contributed by atoms with Crippen LogP contribution in [-0.4, -0.2) is 48.6 Å². The van der Waals surface area contributed by atoms with Gasteiger partial charge in [-0.05, 0) is 81.3 Å². The van der Waals surface area contributed by atoms with Crippen LogP contribution in [0.5, 0.6) is 17.2 Å². The molecule has 244 valence electrons. The average molecular weight is 622 g/mol. The number of phenolic OH excluding ortho intramolecular Hbond substituents is 1. The lowest BCUT2D eigenvalue weighted by molar-refractivity contribution is -1.00. The van der Waals surface area contributed by atoms with Gasteiger partial charge in [-0.3, -0.25) is 0 Å². The molecule has 2 aliphatic heterocycles. The Labute approximate surface area is 275 Å². The highest BCUT2D eigenvalue weighted by atomic mass is 16.5. The van der Waals surface area contributed by atoms with Crippen LogP contribution in [0.15, 0.2) is 66.7 Å². The van der Waals surface area contributed by atoms with Crippen LogP contribution in [0.2, 0.25) is 0 Å². The zero-order chi connectivity index (χ0) is 31.1. The Morgan fingerprint density at radius 2 is 1.72 bits per heavy atom. The highest BCUT2D eigenvalue weighted by Crippen LogP contribution is 2.66. The molecule has 5 nitrogen and oxygen atoms in total. The van der Waals surface area contributed by atoms with E-state index in [1.165, 1.54) is 81.0 Å². The van der Waals surface area contributed by atoms with Crippen molar-refractivity contribution in [1.82, 2.24) is 5.43 Å². The summed E-state index contributed by atoms with van der Waals surface area (Å²) in [5.74, 6) is 4.13. The number of phenols is 1. The predicted octanol–water partition coefficient (Wildman–Crippen LogP) is 7.92. The topological polar surface area (TPSA) is 50.7 Å². The van der Waals surface area contributed by atoms with Gasteiger partial charge in [0.1, 0.15) is 17.9 Å². The number of aryl methyl sites for hydroxylation is 2. The first kappa shape index (κ1) is 30.3. The highest BCUT2D eigenvalue weighted by molar-refractivity contribution is 5.65. The van der Waals surface area contributed by atoms with Gasteiger partial charge in [0.25, 0.3) is 0 Å². The molecule has 6 atom stereocenters. The first-order valence-electron chi connectivity index (χ1n) is 18.4. The van der Waals surface area contributed by atoms with Crippen molar-refractivity contribution < 1.29 is 19.2 Å². The van der Waals surface area contributed by atoms with Crippen LogP contribution in [0.3, 0.4) is 0 Å². The molecular weight excluding hydrogens is 568 g/mol. The second-order valence-corrected chi connectivity index (χ2v) is 15.4. The molecule has 2 N–H and O–H groups in total. The summed E-state index contributed by atoms with van der Waals surface area (Å²) in [4.78, 5) is 0. The van der Waals surface area contributed by atoms with E-state index in [1.54, 1.807) is 7.11 Å². The molecule has 2 unspecified atom stereocenters. The number of likely N-dealkylation sites (tertiary alicyclic amines) is 1. The number of aromatic hydroxyl groups is 1. The number of nitrogens with one attached hydrogen (secondary N) is 1. The molecule has 2 saturated carbocycles. The molecule has 3 aliphatic carbocycles. The van der Waals surface area contributed by atoms with Gasteiger partial charge in [0.15, 0.2) is 11.5 Å². The number of methoxy groups -OCH3 is 1. The largest absolute Gasteiger partial charge is 0.508 e. The van der Waals surface area contributed by atoms with E-state index in [2.05, 4.69) is 66.1 Å². The maximum absolute atomic E-state index is 11.5. The third-order valence-electron chi connectivity index (χ3n) is 12.8. The van der Waals surface area contributed by atoms with Gasteiger partial charge in [0, 0.05) is 48.4 Å². The number of hydrogen-bond donors (Lipinski definition) is 2. The number of unbranched alkanes of at least 4 members (excludes halogenated alkanes) is 1. The summed E-state index contributed by atoms with van der Waals surface area (Å²) in [6, 6.07) is 24.4. The van der Waals surface area contributed by atoms with Gasteiger partial charge in [-0.25, -0.2) is 4.59 Å². The van der Waals surface area contributed by atoms with Crippen LogP contribution in [0, 0.1) is 17.8 Å². The monoisotopic (exact) mass is 621 g/mol. The summed E-state index contributed by atoms with van der Waals surface area (Å²) in [6.07, 6.45) is 16.0. The predicted molar refractivity (Wildman–Crippen MR) is 183 cm³/mol. The summed E-state index contributed by atoms with van der Waals surface area (Å²) >= 11 is 0. The SMILES string of the molecule is COc1cc(O)c2c3c1O[C@H]1CCC[C@H]4[C@@H](C2)[N+](CC2CC2)(NCC(CCCCc2ccccc2)CCc2ccccc2)CC[C@]314. The van der Waals surface area contributed by atoms with Crippen molar-refractivity contribution in [3.8, 4) is 17.2 Å². The molecule has 3 aromatic rings. The molecule has 3 aromatic carbocycles. The Balaban J connectivity index is 1.05. The Kier molecular flexibility index (Phi) is 8.27. The van der Waals surface area contributed by atoms with Crippen molar-refractivity contribution >= 4 is 0 Å². The smallest absolute Gasteiger partial charge is 0.166 e. The zero-order valence-corrected chi connectivity index (χ0v) is 27.8. The van der Waals surface area contributed by atoms with E-state index >= 15 is 0 Å². The van der Waals surface area contributed by atoms with Gasteiger partial charge in [0.05, 0.1) is 25.6 Å². The van der Waals surface area contributed by atoms with Gasteiger partial charge >= 0.3 is 0 Å². The van der Waals surface area contributed by atoms with Crippen LogP contribution in [0.1, 0.15) is 86.5 Å². The minimum absolute atomic E-state index is 0.0228. The van der Waals surface area contributed by atoms with E-state index in [1.807, 2.05) is 6.07 Å². The summed E-state index contributed by atoms with van der Waals surface area (Å²) < 4.78 is 13.6. The lowest BCUT2D eigenvalue weighted by atomic mass is 9.51. The Morgan fingerprint density at radius 1 is 0.957 bits per heavy atom. The van der Waals surface area contributed by atoms with Gasteiger partial charge in [-0.15, -0.1) is 0 Å². The number of benzene rings is 3. The van der Waals surface area contributed by atoms with E-state index in [0.29, 0.717) is 29.4 Å². The van der Waals surface area contributed by atoms with E-state index < -0.39 is 0 Å². The fraction of sp³-hybridized carbons (Fsp3) is 0.561. The molecular formula is C41H53N2O3+. The number of piperidine rings is 1. The van der Waals surface area contributed by atoms with Gasteiger partial charge in [-0.2, -0.15) is 5.43 Å². The molecule has 8 rings (SSSR count). The number of ether oxygens (including phenoxy) is 2. The van der Waals surface area contributed by atoms with Gasteiger partial charge < -0.3 is 14.6 Å². The van der Waals surface area contributed by atoms with Gasteiger partial charge in [-0.1, -0.05) is 67.1 Å². The minimum Gasteiger partial charge on any atom is -0.508 e. The van der Waals surface area contributed by atoms with Crippen LogP contribution >= 0.6 is 0 Å². The number of rotatable bonds is 14. The first-order chi connectivity index (χ1) is 22.6. The van der Waals surface area contributed by atoms with E-state index in [4.69, 9.17) is 9.47 Å². The lowest BCUT2D eigenvalue weighted by Gasteiger charge is -2.61. The summed E-state index contributed by atoms with van der Waals surface area (Å²) in [5, 5.41) is 11.5. The molecule has 5 aliphatic rings. The van der Waals surface area contributed by atoms with Crippen LogP contribution < -0.4 is 14.9 Å². The number of hydrogen-bond acceptors (Lipinski definition) is 4. The molecule has 2 bridgehead atoms. The fourth-order valence-corrected chi connectivity index (χ4v) is 10.3. The summed E-state index contributed by atoms with van der Waals surface area (Å²) in [5.41, 5.74) is 9.79. The molecule has 0 amide bonds. The quantitative estimate of drug-likeness (QED) is 0.142. The second kappa shape index (κ2) is 12.5. The van der Waals surface area contributed by atoms with Crippen molar-refractivity contribution in [2.45, 2.75) is 101 Å². The maximum Gasteiger partial charge on any atom is 0.166 e. The molecule has 0 radical (unpaired) electrons.